The third kappa shape index (κ3) is 4.14. The highest BCUT2D eigenvalue weighted by atomic mass is 16.5. The van der Waals surface area contributed by atoms with E-state index in [-0.39, 0.29) is 29.8 Å². The molecular formula is C44H50N2O. The molecule has 0 saturated carbocycles. The molecular weight excluding hydrogens is 572 g/mol. The summed E-state index contributed by atoms with van der Waals surface area (Å²) in [5, 5.41) is 0. The van der Waals surface area contributed by atoms with E-state index in [0.29, 0.717) is 35.5 Å². The first kappa shape index (κ1) is 29.6. The van der Waals surface area contributed by atoms with Gasteiger partial charge in [0.2, 0.25) is 0 Å². The summed E-state index contributed by atoms with van der Waals surface area (Å²) in [7, 11) is 0. The predicted molar refractivity (Wildman–Crippen MR) is 191 cm³/mol. The summed E-state index contributed by atoms with van der Waals surface area (Å²) >= 11 is 0. The first-order chi connectivity index (χ1) is 22.8. The lowest BCUT2D eigenvalue weighted by molar-refractivity contribution is -0.0209. The van der Waals surface area contributed by atoms with Gasteiger partial charge in [-0.3, -0.25) is 0 Å². The van der Waals surface area contributed by atoms with Crippen molar-refractivity contribution in [1.29, 1.82) is 0 Å². The van der Waals surface area contributed by atoms with Crippen molar-refractivity contribution >= 4 is 0 Å². The van der Waals surface area contributed by atoms with Crippen LogP contribution < -0.4 is 0 Å². The zero-order chi connectivity index (χ0) is 32.2. The van der Waals surface area contributed by atoms with Crippen molar-refractivity contribution < 1.29 is 4.74 Å². The maximum atomic E-state index is 7.22. The Hall–Kier alpha value is -3.56. The second-order valence-electron chi connectivity index (χ2n) is 16.0. The number of benzene rings is 2. The molecule has 242 valence electrons. The van der Waals surface area contributed by atoms with Gasteiger partial charge < -0.3 is 14.5 Å². The average molecular weight is 623 g/mol. The van der Waals surface area contributed by atoms with Gasteiger partial charge in [0.25, 0.3) is 0 Å². The molecule has 0 bridgehead atoms. The van der Waals surface area contributed by atoms with Crippen molar-refractivity contribution in [1.82, 2.24) is 9.80 Å². The Bertz CT molecular complexity index is 1760. The van der Waals surface area contributed by atoms with Crippen LogP contribution in [0.2, 0.25) is 0 Å². The van der Waals surface area contributed by atoms with Crippen molar-refractivity contribution in [3.05, 3.63) is 143 Å². The predicted octanol–water partition coefficient (Wildman–Crippen LogP) is 9.66. The molecule has 0 amide bonds. The zero-order valence-corrected chi connectivity index (χ0v) is 28.8. The normalized spacial score (nSPS) is 38.3. The molecule has 3 saturated heterocycles. The van der Waals surface area contributed by atoms with E-state index >= 15 is 0 Å². The molecule has 7 aliphatic rings. The van der Waals surface area contributed by atoms with Crippen molar-refractivity contribution in [2.24, 2.45) is 29.6 Å². The fraction of sp³-hybridized carbons (Fsp3) is 0.455. The Morgan fingerprint density at radius 2 is 1.77 bits per heavy atom. The zero-order valence-electron chi connectivity index (χ0n) is 28.8. The van der Waals surface area contributed by atoms with Gasteiger partial charge >= 0.3 is 0 Å². The first-order valence-corrected chi connectivity index (χ1v) is 18.4. The molecule has 3 nitrogen and oxygen atoms in total. The van der Waals surface area contributed by atoms with Crippen molar-refractivity contribution in [3.8, 4) is 0 Å². The van der Waals surface area contributed by atoms with Crippen LogP contribution >= 0.6 is 0 Å². The summed E-state index contributed by atoms with van der Waals surface area (Å²) in [6, 6.07) is 22.6. The fourth-order valence-electron chi connectivity index (χ4n) is 10.9. The van der Waals surface area contributed by atoms with Gasteiger partial charge in [-0.25, -0.2) is 0 Å². The number of ether oxygens (including phenoxy) is 1. The number of hydrogen-bond donors (Lipinski definition) is 0. The highest BCUT2D eigenvalue weighted by Gasteiger charge is 2.63. The molecule has 47 heavy (non-hydrogen) atoms. The van der Waals surface area contributed by atoms with Crippen LogP contribution in [0.5, 0.6) is 0 Å². The van der Waals surface area contributed by atoms with Crippen LogP contribution in [-0.4, -0.2) is 34.2 Å². The van der Waals surface area contributed by atoms with E-state index in [9.17, 15) is 0 Å². The SMILES string of the molecule is C=C1C2OC3CC(c4ccccc4)C=CC3C2C2N3C4=C(C(C)C)CC(C)(c5ccccc5)C=C4C(C)C4CC=CC(=C43)N2C1CC. The Morgan fingerprint density at radius 1 is 1.02 bits per heavy atom. The van der Waals surface area contributed by atoms with Crippen LogP contribution in [0.3, 0.4) is 0 Å². The molecule has 0 N–H and O–H groups in total. The number of piperidine rings is 2. The molecule has 0 radical (unpaired) electrons. The number of fused-ring (bicyclic) bond motifs is 9. The van der Waals surface area contributed by atoms with Crippen LogP contribution in [-0.2, 0) is 10.2 Å². The van der Waals surface area contributed by atoms with Crippen molar-refractivity contribution in [2.45, 2.75) is 96.1 Å². The molecule has 4 heterocycles. The van der Waals surface area contributed by atoms with Gasteiger partial charge in [0, 0.05) is 40.5 Å². The number of hydrogen-bond acceptors (Lipinski definition) is 3. The van der Waals surface area contributed by atoms with Gasteiger partial charge in [0.1, 0.15) is 6.17 Å². The molecule has 0 spiro atoms. The summed E-state index contributed by atoms with van der Waals surface area (Å²) in [5.41, 5.74) is 11.9. The first-order valence-electron chi connectivity index (χ1n) is 18.4. The summed E-state index contributed by atoms with van der Waals surface area (Å²) < 4.78 is 7.22. The summed E-state index contributed by atoms with van der Waals surface area (Å²) in [5.74, 6) is 2.51. The van der Waals surface area contributed by atoms with Crippen molar-refractivity contribution in [3.63, 3.8) is 0 Å². The molecule has 4 aliphatic heterocycles. The van der Waals surface area contributed by atoms with E-state index < -0.39 is 0 Å². The van der Waals surface area contributed by atoms with Crippen LogP contribution in [0.4, 0.5) is 0 Å². The smallest absolute Gasteiger partial charge is 0.113 e. The minimum absolute atomic E-state index is 0.0165. The van der Waals surface area contributed by atoms with E-state index in [1.807, 2.05) is 0 Å². The van der Waals surface area contributed by atoms with Gasteiger partial charge in [-0.15, -0.1) is 0 Å². The lowest BCUT2D eigenvalue weighted by Gasteiger charge is -2.54. The second-order valence-corrected chi connectivity index (χ2v) is 16.0. The van der Waals surface area contributed by atoms with Crippen molar-refractivity contribution in [2.75, 3.05) is 0 Å². The van der Waals surface area contributed by atoms with E-state index in [2.05, 4.69) is 135 Å². The largest absolute Gasteiger partial charge is 0.369 e. The minimum Gasteiger partial charge on any atom is -0.369 e. The maximum absolute atomic E-state index is 7.22. The van der Waals surface area contributed by atoms with Gasteiger partial charge in [-0.1, -0.05) is 126 Å². The molecule has 2 aromatic rings. The Kier molecular flexibility index (Phi) is 6.75. The topological polar surface area (TPSA) is 15.7 Å². The number of nitrogens with zero attached hydrogens (tertiary/aromatic N) is 2. The van der Waals surface area contributed by atoms with E-state index in [1.54, 1.807) is 22.5 Å². The summed E-state index contributed by atoms with van der Waals surface area (Å²) in [6.45, 7) is 17.1. The summed E-state index contributed by atoms with van der Waals surface area (Å²) in [4.78, 5) is 5.74. The van der Waals surface area contributed by atoms with Gasteiger partial charge in [-0.05, 0) is 71.4 Å². The maximum Gasteiger partial charge on any atom is 0.113 e. The third-order valence-electron chi connectivity index (χ3n) is 13.1. The Balaban J connectivity index is 1.21. The highest BCUT2D eigenvalue weighted by Crippen LogP contribution is 2.62. The summed E-state index contributed by atoms with van der Waals surface area (Å²) in [6.07, 6.45) is 17.5. The van der Waals surface area contributed by atoms with E-state index in [0.717, 1.165) is 25.7 Å². The molecule has 3 aliphatic carbocycles. The molecule has 10 unspecified atom stereocenters. The van der Waals surface area contributed by atoms with Gasteiger partial charge in [0.15, 0.2) is 0 Å². The molecule has 0 aromatic heterocycles. The van der Waals surface area contributed by atoms with Crippen LogP contribution in [0, 0.1) is 29.6 Å². The number of rotatable bonds is 4. The van der Waals surface area contributed by atoms with Crippen LogP contribution in [0.25, 0.3) is 0 Å². The Labute approximate surface area is 282 Å². The third-order valence-corrected chi connectivity index (χ3v) is 13.1. The fourth-order valence-corrected chi connectivity index (χ4v) is 10.9. The Morgan fingerprint density at radius 3 is 2.49 bits per heavy atom. The average Bonchev–Trinajstić information content (AvgIpc) is 3.64. The second kappa shape index (κ2) is 10.7. The standard InChI is InChI=1S/C44H50N2O/c1-7-36-28(5)42-39(33-22-21-30(23-38(33)47-42)29-15-10-8-11-16-29)43-45(36)37-20-14-19-32-27(4)35-25-44(6,31-17-12-9-13-18-31)24-34(26(2)3)40(35)46(43)41(32)37/h8-18,20-22,25-27,30,32-33,36,38-39,42-43H,5,7,19,23-24H2,1-4,6H3. The highest BCUT2D eigenvalue weighted by molar-refractivity contribution is 5.56. The van der Waals surface area contributed by atoms with Crippen LogP contribution in [0.1, 0.15) is 77.3 Å². The monoisotopic (exact) mass is 622 g/mol. The number of allylic oxidation sites excluding steroid dienone is 7. The molecule has 3 fully saturated rings. The van der Waals surface area contributed by atoms with Crippen LogP contribution in [0.15, 0.2) is 131 Å². The molecule has 2 aromatic carbocycles. The lowest BCUT2D eigenvalue weighted by Crippen LogP contribution is -2.60. The van der Waals surface area contributed by atoms with Gasteiger partial charge in [0.05, 0.1) is 23.9 Å². The quantitative estimate of drug-likeness (QED) is 0.316. The van der Waals surface area contributed by atoms with E-state index in [4.69, 9.17) is 11.3 Å². The molecule has 10 atom stereocenters. The molecule has 9 rings (SSSR count). The van der Waals surface area contributed by atoms with E-state index in [1.165, 1.54) is 22.4 Å². The minimum atomic E-state index is -0.0165. The molecule has 3 heteroatoms. The lowest BCUT2D eigenvalue weighted by atomic mass is 9.64. The van der Waals surface area contributed by atoms with Gasteiger partial charge in [-0.2, -0.15) is 0 Å².